The number of benzene rings is 2. The van der Waals surface area contributed by atoms with Gasteiger partial charge in [0.05, 0.1) is 30.8 Å². The van der Waals surface area contributed by atoms with Gasteiger partial charge in [-0.15, -0.1) is 11.3 Å². The van der Waals surface area contributed by atoms with Crippen molar-refractivity contribution in [2.45, 2.75) is 20.0 Å². The zero-order chi connectivity index (χ0) is 22.1. The normalized spacial score (nSPS) is 17.2. The molecule has 0 saturated carbocycles. The molecule has 4 rings (SSSR count). The van der Waals surface area contributed by atoms with Gasteiger partial charge in [0.2, 0.25) is 0 Å². The van der Waals surface area contributed by atoms with E-state index in [1.807, 2.05) is 43.5 Å². The smallest absolute Gasteiger partial charge is 0.335 e. The van der Waals surface area contributed by atoms with Gasteiger partial charge in [-0.2, -0.15) is 0 Å². The molecule has 1 aromatic heterocycles. The lowest BCUT2D eigenvalue weighted by atomic mass is 9.97. The van der Waals surface area contributed by atoms with Crippen molar-refractivity contribution in [1.82, 2.24) is 0 Å². The second kappa shape index (κ2) is 8.60. The molecule has 1 aliphatic rings. The Hall–Kier alpha value is -2.44. The van der Waals surface area contributed by atoms with Crippen molar-refractivity contribution >= 4 is 36.2 Å². The first-order chi connectivity index (χ1) is 14.7. The number of rotatable bonds is 5. The van der Waals surface area contributed by atoms with Gasteiger partial charge in [-0.3, -0.25) is 9.36 Å². The Morgan fingerprint density at radius 3 is 2.48 bits per heavy atom. The highest BCUT2D eigenvalue weighted by Gasteiger charge is 2.36. The highest BCUT2D eigenvalue weighted by molar-refractivity contribution is 7.53. The third kappa shape index (κ3) is 5.25. The number of carbonyl (C=O) groups is 1. The number of hydrogen-bond acceptors (Lipinski definition) is 6. The topological polar surface area (TPSA) is 90.7 Å². The molecule has 0 radical (unpaired) electrons. The molecule has 162 valence electrons. The van der Waals surface area contributed by atoms with Crippen molar-refractivity contribution in [3.63, 3.8) is 0 Å². The summed E-state index contributed by atoms with van der Waals surface area (Å²) in [7, 11) is -3.16. The minimum absolute atomic E-state index is 0.140. The molecule has 0 atom stereocenters. The van der Waals surface area contributed by atoms with E-state index in [9.17, 15) is 9.36 Å². The quantitative estimate of drug-likeness (QED) is 0.362. The maximum atomic E-state index is 12.8. The molecular weight excluding hydrogens is 431 g/mol. The van der Waals surface area contributed by atoms with Crippen molar-refractivity contribution < 1.29 is 18.4 Å². The van der Waals surface area contributed by atoms with Crippen LogP contribution in [0.2, 0.25) is 0 Å². The summed E-state index contributed by atoms with van der Waals surface area (Å²) in [5, 5.41) is 4.89. The summed E-state index contributed by atoms with van der Waals surface area (Å²) in [6.45, 7) is 4.81. The maximum Gasteiger partial charge on any atom is 0.335 e. The molecule has 1 fully saturated rings. The first kappa shape index (κ1) is 21.8. The van der Waals surface area contributed by atoms with E-state index in [4.69, 9.17) is 14.8 Å². The highest BCUT2D eigenvalue weighted by atomic mass is 32.1. The number of nitrogens with one attached hydrogen (secondary N) is 1. The fraction of sp³-hybridized carbons (Fsp3) is 0.261. The fourth-order valence-corrected chi connectivity index (χ4v) is 5.89. The Balaban J connectivity index is 1.43. The fourth-order valence-electron chi connectivity index (χ4n) is 3.16. The highest BCUT2D eigenvalue weighted by Crippen LogP contribution is 2.56. The molecule has 0 spiro atoms. The number of carbonyl (C=O) groups excluding carboxylic acids is 1. The number of hydrogen-bond donors (Lipinski definition) is 2. The molecule has 1 aliphatic heterocycles. The van der Waals surface area contributed by atoms with E-state index in [1.54, 1.807) is 41.7 Å². The zero-order valence-electron chi connectivity index (χ0n) is 17.5. The third-order valence-electron chi connectivity index (χ3n) is 5.00. The predicted octanol–water partition coefficient (Wildman–Crippen LogP) is 6.02. The second-order valence-electron chi connectivity index (χ2n) is 8.41. The van der Waals surface area contributed by atoms with E-state index in [0.29, 0.717) is 30.2 Å². The van der Waals surface area contributed by atoms with E-state index in [1.165, 1.54) is 0 Å². The van der Waals surface area contributed by atoms with Crippen molar-refractivity contribution in [3.8, 4) is 10.4 Å². The Labute approximate surface area is 185 Å². The second-order valence-corrected chi connectivity index (χ2v) is 11.4. The Morgan fingerprint density at radius 2 is 1.84 bits per heavy atom. The van der Waals surface area contributed by atoms with Gasteiger partial charge in [0.25, 0.3) is 5.91 Å². The van der Waals surface area contributed by atoms with Crippen LogP contribution in [0, 0.1) is 5.41 Å². The van der Waals surface area contributed by atoms with Gasteiger partial charge in [0.1, 0.15) is 0 Å². The van der Waals surface area contributed by atoms with Crippen LogP contribution in [0.5, 0.6) is 0 Å². The Kier molecular flexibility index (Phi) is 6.04. The van der Waals surface area contributed by atoms with E-state index in [2.05, 4.69) is 5.32 Å². The number of anilines is 2. The van der Waals surface area contributed by atoms with Crippen LogP contribution in [-0.4, -0.2) is 19.1 Å². The molecule has 0 unspecified atom stereocenters. The standard InChI is InChI=1S/C23H25N2O4PS/c1-23(2)14-28-30(27,29-15-23)13-16-5-7-17(8-6-16)22(26)25-20-12-18(9-10-19(20)24)21-4-3-11-31-21/h3-12H,13-15,24H2,1-2H3,(H,25,26). The van der Waals surface area contributed by atoms with Crippen molar-refractivity contribution in [2.75, 3.05) is 24.3 Å². The van der Waals surface area contributed by atoms with Crippen LogP contribution in [0.25, 0.3) is 10.4 Å². The summed E-state index contributed by atoms with van der Waals surface area (Å²) in [5.74, 6) is -0.264. The molecule has 31 heavy (non-hydrogen) atoms. The Bertz CT molecular complexity index is 1110. The predicted molar refractivity (Wildman–Crippen MR) is 126 cm³/mol. The number of nitrogen functional groups attached to an aromatic ring is 1. The monoisotopic (exact) mass is 456 g/mol. The number of amides is 1. The summed E-state index contributed by atoms with van der Waals surface area (Å²) >= 11 is 1.62. The molecule has 6 nitrogen and oxygen atoms in total. The largest absolute Gasteiger partial charge is 0.397 e. The third-order valence-corrected chi connectivity index (χ3v) is 7.72. The van der Waals surface area contributed by atoms with Crippen LogP contribution in [0.4, 0.5) is 11.4 Å². The maximum absolute atomic E-state index is 12.8. The van der Waals surface area contributed by atoms with Crippen LogP contribution < -0.4 is 11.1 Å². The van der Waals surface area contributed by atoms with Crippen molar-refractivity contribution in [1.29, 1.82) is 0 Å². The molecule has 0 aliphatic carbocycles. The van der Waals surface area contributed by atoms with Gasteiger partial charge in [0.15, 0.2) is 0 Å². The molecule has 8 heteroatoms. The van der Waals surface area contributed by atoms with Gasteiger partial charge >= 0.3 is 7.60 Å². The van der Waals surface area contributed by atoms with Gasteiger partial charge in [-0.1, -0.05) is 38.1 Å². The zero-order valence-corrected chi connectivity index (χ0v) is 19.2. The van der Waals surface area contributed by atoms with Crippen molar-refractivity contribution in [2.24, 2.45) is 5.41 Å². The first-order valence-corrected chi connectivity index (χ1v) is 12.6. The van der Waals surface area contributed by atoms with Crippen LogP contribution in [0.15, 0.2) is 60.0 Å². The molecule has 2 aromatic carbocycles. The molecule has 1 amide bonds. The van der Waals surface area contributed by atoms with E-state index >= 15 is 0 Å². The number of nitrogens with two attached hydrogens (primary N) is 1. The van der Waals surface area contributed by atoms with E-state index in [-0.39, 0.29) is 17.5 Å². The minimum Gasteiger partial charge on any atom is -0.397 e. The lowest BCUT2D eigenvalue weighted by Gasteiger charge is -2.34. The lowest BCUT2D eigenvalue weighted by molar-refractivity contribution is 0.0409. The van der Waals surface area contributed by atoms with Crippen LogP contribution in [0.1, 0.15) is 29.8 Å². The molecular formula is C23H25N2O4PS. The van der Waals surface area contributed by atoms with E-state index in [0.717, 1.165) is 16.0 Å². The summed E-state index contributed by atoms with van der Waals surface area (Å²) in [5.41, 5.74) is 9.25. The number of thiophene rings is 1. The SMILES string of the molecule is CC1(C)COP(=O)(Cc2ccc(C(=O)Nc3cc(-c4cccs4)ccc3N)cc2)OC1. The Morgan fingerprint density at radius 1 is 1.13 bits per heavy atom. The molecule has 0 bridgehead atoms. The molecule has 2 heterocycles. The van der Waals surface area contributed by atoms with Crippen LogP contribution >= 0.6 is 18.9 Å². The summed E-state index contributed by atoms with van der Waals surface area (Å²) in [6.07, 6.45) is 0.181. The van der Waals surface area contributed by atoms with E-state index < -0.39 is 7.60 Å². The molecule has 3 N–H and O–H groups in total. The average molecular weight is 457 g/mol. The molecule has 1 saturated heterocycles. The summed E-state index contributed by atoms with van der Waals surface area (Å²) < 4.78 is 23.9. The van der Waals surface area contributed by atoms with Gasteiger partial charge < -0.3 is 20.1 Å². The molecule has 3 aromatic rings. The first-order valence-electron chi connectivity index (χ1n) is 9.95. The van der Waals surface area contributed by atoms with Gasteiger partial charge in [-0.05, 0) is 46.8 Å². The van der Waals surface area contributed by atoms with Gasteiger partial charge in [-0.25, -0.2) is 0 Å². The van der Waals surface area contributed by atoms with Crippen molar-refractivity contribution in [3.05, 3.63) is 71.1 Å². The summed E-state index contributed by atoms with van der Waals surface area (Å²) in [6, 6.07) is 16.5. The van der Waals surface area contributed by atoms with Crippen LogP contribution in [0.3, 0.4) is 0 Å². The van der Waals surface area contributed by atoms with Gasteiger partial charge in [0, 0.05) is 15.9 Å². The summed E-state index contributed by atoms with van der Waals surface area (Å²) in [4.78, 5) is 13.8. The van der Waals surface area contributed by atoms with Crippen LogP contribution in [-0.2, 0) is 19.8 Å². The lowest BCUT2D eigenvalue weighted by Crippen LogP contribution is -2.29. The average Bonchev–Trinajstić information content (AvgIpc) is 3.28. The minimum atomic E-state index is -3.16.